The van der Waals surface area contributed by atoms with E-state index in [1.165, 1.54) is 0 Å². The molecule has 0 atom stereocenters. The molecule has 1 aromatic carbocycles. The molecule has 0 unspecified atom stereocenters. The summed E-state index contributed by atoms with van der Waals surface area (Å²) >= 11 is 5.72. The smallest absolute Gasteiger partial charge is 0.196 e. The molecule has 0 saturated carbocycles. The van der Waals surface area contributed by atoms with Gasteiger partial charge in [-0.05, 0) is 22.4 Å². The van der Waals surface area contributed by atoms with E-state index in [9.17, 15) is 0 Å². The van der Waals surface area contributed by atoms with Gasteiger partial charge in [0.2, 0.25) is 0 Å². The van der Waals surface area contributed by atoms with Crippen LogP contribution in [0.25, 0.3) is 11.3 Å². The molecule has 0 amide bonds. The molecular weight excluding hydrogens is 190 g/mol. The van der Waals surface area contributed by atoms with Crippen molar-refractivity contribution in [3.63, 3.8) is 0 Å². The minimum absolute atomic E-state index is 0.280. The van der Waals surface area contributed by atoms with Crippen LogP contribution in [0.1, 0.15) is 0 Å². The second-order valence-corrected chi connectivity index (χ2v) is 2.94. The van der Waals surface area contributed by atoms with E-state index in [1.807, 2.05) is 0 Å². The predicted molar refractivity (Wildman–Crippen MR) is 49.2 cm³/mol. The molecule has 1 aromatic heterocycles. The van der Waals surface area contributed by atoms with E-state index in [4.69, 9.17) is 17.3 Å². The minimum atomic E-state index is 0.280. The van der Waals surface area contributed by atoms with Crippen LogP contribution >= 0.6 is 11.6 Å². The largest absolute Gasteiger partial charge is 0.379 e. The molecule has 2 rings (SSSR count). The van der Waals surface area contributed by atoms with Crippen LogP contribution in [0.2, 0.25) is 5.02 Å². The van der Waals surface area contributed by atoms with E-state index in [0.29, 0.717) is 10.7 Å². The van der Waals surface area contributed by atoms with E-state index in [2.05, 4.69) is 14.9 Å². The Labute approximate surface area is 79.3 Å². The molecule has 0 saturated heterocycles. The van der Waals surface area contributed by atoms with Crippen LogP contribution < -0.4 is 5.73 Å². The van der Waals surface area contributed by atoms with E-state index >= 15 is 0 Å². The zero-order valence-corrected chi connectivity index (χ0v) is 7.32. The lowest BCUT2D eigenvalue weighted by atomic mass is 10.1. The van der Waals surface area contributed by atoms with Gasteiger partial charge in [-0.2, -0.15) is 0 Å². The first-order valence-electron chi connectivity index (χ1n) is 3.61. The van der Waals surface area contributed by atoms with Crippen molar-refractivity contribution < 1.29 is 4.63 Å². The Balaban J connectivity index is 2.47. The summed E-state index contributed by atoms with van der Waals surface area (Å²) < 4.78 is 4.47. The summed E-state index contributed by atoms with van der Waals surface area (Å²) in [6.45, 7) is 0. The van der Waals surface area contributed by atoms with Crippen LogP contribution in [0, 0.1) is 0 Å². The zero-order chi connectivity index (χ0) is 9.26. The molecule has 13 heavy (non-hydrogen) atoms. The highest BCUT2D eigenvalue weighted by molar-refractivity contribution is 6.30. The van der Waals surface area contributed by atoms with Crippen molar-refractivity contribution in [3.05, 3.63) is 29.3 Å². The molecule has 2 aromatic rings. The lowest BCUT2D eigenvalue weighted by Crippen LogP contribution is -1.87. The summed E-state index contributed by atoms with van der Waals surface area (Å²) in [5, 5.41) is 7.80. The van der Waals surface area contributed by atoms with Gasteiger partial charge in [-0.3, -0.25) is 0 Å². The van der Waals surface area contributed by atoms with Gasteiger partial charge in [0.05, 0.1) is 0 Å². The summed E-state index contributed by atoms with van der Waals surface area (Å²) in [6, 6.07) is 7.12. The van der Waals surface area contributed by atoms with Gasteiger partial charge in [0.25, 0.3) is 0 Å². The van der Waals surface area contributed by atoms with Crippen LogP contribution in [-0.2, 0) is 0 Å². The molecule has 0 aliphatic rings. The summed E-state index contributed by atoms with van der Waals surface area (Å²) in [6.07, 6.45) is 0. The monoisotopic (exact) mass is 195 g/mol. The highest BCUT2D eigenvalue weighted by atomic mass is 35.5. The fourth-order valence-electron chi connectivity index (χ4n) is 1.00. The van der Waals surface area contributed by atoms with Crippen molar-refractivity contribution in [2.45, 2.75) is 0 Å². The Morgan fingerprint density at radius 1 is 1.15 bits per heavy atom. The zero-order valence-electron chi connectivity index (χ0n) is 6.57. The highest BCUT2D eigenvalue weighted by Gasteiger charge is 2.07. The third-order valence-corrected chi connectivity index (χ3v) is 1.88. The Morgan fingerprint density at radius 2 is 1.85 bits per heavy atom. The van der Waals surface area contributed by atoms with Gasteiger partial charge in [0.15, 0.2) is 11.5 Å². The fraction of sp³-hybridized carbons (Fsp3) is 0. The molecule has 0 aliphatic carbocycles. The maximum absolute atomic E-state index is 5.72. The Morgan fingerprint density at radius 3 is 2.38 bits per heavy atom. The van der Waals surface area contributed by atoms with Crippen LogP contribution in [-0.4, -0.2) is 10.3 Å². The van der Waals surface area contributed by atoms with E-state index < -0.39 is 0 Å². The van der Waals surface area contributed by atoms with E-state index in [0.717, 1.165) is 5.56 Å². The standard InChI is InChI=1S/C8H6ClN3O/c9-6-3-1-5(2-4-6)7-8(10)12-13-11-7/h1-4H,(H2,10,12). The van der Waals surface area contributed by atoms with E-state index in [1.54, 1.807) is 24.3 Å². The number of nitrogens with two attached hydrogens (primary N) is 1. The first-order valence-corrected chi connectivity index (χ1v) is 3.99. The number of hydrogen-bond donors (Lipinski definition) is 1. The summed E-state index contributed by atoms with van der Waals surface area (Å²) in [5.41, 5.74) is 6.89. The molecule has 0 fully saturated rings. The minimum Gasteiger partial charge on any atom is -0.379 e. The summed E-state index contributed by atoms with van der Waals surface area (Å²) in [5.74, 6) is 0.280. The van der Waals surface area contributed by atoms with Gasteiger partial charge < -0.3 is 5.73 Å². The van der Waals surface area contributed by atoms with E-state index in [-0.39, 0.29) is 5.82 Å². The van der Waals surface area contributed by atoms with Crippen LogP contribution in [0.4, 0.5) is 5.82 Å². The molecule has 2 N–H and O–H groups in total. The van der Waals surface area contributed by atoms with Crippen LogP contribution in [0.15, 0.2) is 28.9 Å². The SMILES string of the molecule is Nc1nonc1-c1ccc(Cl)cc1. The number of anilines is 1. The number of hydrogen-bond acceptors (Lipinski definition) is 4. The average Bonchev–Trinajstić information content (AvgIpc) is 2.53. The van der Waals surface area contributed by atoms with Crippen molar-refractivity contribution in [2.75, 3.05) is 5.73 Å². The second kappa shape index (κ2) is 3.06. The molecule has 66 valence electrons. The molecule has 0 radical (unpaired) electrons. The molecule has 0 bridgehead atoms. The first-order chi connectivity index (χ1) is 6.27. The Hall–Kier alpha value is -1.55. The topological polar surface area (TPSA) is 64.9 Å². The number of halogens is 1. The van der Waals surface area contributed by atoms with Gasteiger partial charge >= 0.3 is 0 Å². The van der Waals surface area contributed by atoms with Crippen molar-refractivity contribution >= 4 is 17.4 Å². The number of rotatable bonds is 1. The second-order valence-electron chi connectivity index (χ2n) is 2.50. The van der Waals surface area contributed by atoms with Crippen molar-refractivity contribution in [2.24, 2.45) is 0 Å². The van der Waals surface area contributed by atoms with Crippen molar-refractivity contribution in [1.82, 2.24) is 10.3 Å². The summed E-state index contributed by atoms with van der Waals surface area (Å²) in [4.78, 5) is 0. The lowest BCUT2D eigenvalue weighted by molar-refractivity contribution is 0.310. The molecule has 0 spiro atoms. The lowest BCUT2D eigenvalue weighted by Gasteiger charge is -1.94. The van der Waals surface area contributed by atoms with Gasteiger partial charge in [-0.1, -0.05) is 23.7 Å². The molecular formula is C8H6ClN3O. The highest BCUT2D eigenvalue weighted by Crippen LogP contribution is 2.23. The third kappa shape index (κ3) is 1.48. The van der Waals surface area contributed by atoms with Crippen molar-refractivity contribution in [1.29, 1.82) is 0 Å². The predicted octanol–water partition coefficient (Wildman–Crippen LogP) is 1.97. The van der Waals surface area contributed by atoms with Gasteiger partial charge in [-0.15, -0.1) is 0 Å². The maximum Gasteiger partial charge on any atom is 0.196 e. The molecule has 1 heterocycles. The number of aromatic nitrogens is 2. The van der Waals surface area contributed by atoms with Crippen LogP contribution in [0.3, 0.4) is 0 Å². The molecule has 4 nitrogen and oxygen atoms in total. The Bertz CT molecular complexity index is 410. The maximum atomic E-state index is 5.72. The Kier molecular flexibility index (Phi) is 1.90. The van der Waals surface area contributed by atoms with Gasteiger partial charge in [0.1, 0.15) is 0 Å². The first kappa shape index (κ1) is 8.07. The average molecular weight is 196 g/mol. The number of benzene rings is 1. The van der Waals surface area contributed by atoms with Crippen molar-refractivity contribution in [3.8, 4) is 11.3 Å². The summed E-state index contributed by atoms with van der Waals surface area (Å²) in [7, 11) is 0. The third-order valence-electron chi connectivity index (χ3n) is 1.63. The molecule has 5 heteroatoms. The van der Waals surface area contributed by atoms with Crippen LogP contribution in [0.5, 0.6) is 0 Å². The molecule has 0 aliphatic heterocycles. The van der Waals surface area contributed by atoms with Gasteiger partial charge in [0, 0.05) is 10.6 Å². The fourth-order valence-corrected chi connectivity index (χ4v) is 1.13. The number of nitrogen functional groups attached to an aromatic ring is 1. The normalized spacial score (nSPS) is 10.2. The quantitative estimate of drug-likeness (QED) is 0.756. The number of nitrogens with zero attached hydrogens (tertiary/aromatic N) is 2. The van der Waals surface area contributed by atoms with Gasteiger partial charge in [-0.25, -0.2) is 4.63 Å².